The fraction of sp³-hybridized carbons (Fsp3) is 0.167. The van der Waals surface area contributed by atoms with Crippen molar-refractivity contribution < 1.29 is 18.7 Å². The third-order valence-corrected chi connectivity index (χ3v) is 4.09. The molecule has 0 aromatic heterocycles. The second-order valence-electron chi connectivity index (χ2n) is 4.91. The SMILES string of the molecule is CCOc1cc(/C=C/C(=O)Nc2ccc(F)cc2Br)cc(Cl)c1OC. The highest BCUT2D eigenvalue weighted by molar-refractivity contribution is 9.10. The van der Waals surface area contributed by atoms with Crippen LogP contribution in [0.5, 0.6) is 11.5 Å². The predicted molar refractivity (Wildman–Crippen MR) is 101 cm³/mol. The molecule has 0 aliphatic carbocycles. The molecule has 0 unspecified atom stereocenters. The average Bonchev–Trinajstić information content (AvgIpc) is 2.56. The lowest BCUT2D eigenvalue weighted by Gasteiger charge is -2.11. The van der Waals surface area contributed by atoms with Gasteiger partial charge in [0, 0.05) is 10.5 Å². The van der Waals surface area contributed by atoms with Crippen LogP contribution in [0.4, 0.5) is 10.1 Å². The highest BCUT2D eigenvalue weighted by atomic mass is 79.9. The Labute approximate surface area is 158 Å². The maximum absolute atomic E-state index is 13.1. The molecule has 0 fully saturated rings. The molecule has 0 radical (unpaired) electrons. The van der Waals surface area contributed by atoms with Gasteiger partial charge < -0.3 is 14.8 Å². The molecule has 0 atom stereocenters. The highest BCUT2D eigenvalue weighted by Crippen LogP contribution is 2.36. The maximum Gasteiger partial charge on any atom is 0.248 e. The smallest absolute Gasteiger partial charge is 0.248 e. The summed E-state index contributed by atoms with van der Waals surface area (Å²) in [7, 11) is 1.51. The van der Waals surface area contributed by atoms with Crippen molar-refractivity contribution in [1.29, 1.82) is 0 Å². The largest absolute Gasteiger partial charge is 0.491 e. The predicted octanol–water partition coefficient (Wildman–Crippen LogP) is 5.30. The van der Waals surface area contributed by atoms with Crippen LogP contribution in [0.15, 0.2) is 40.9 Å². The lowest BCUT2D eigenvalue weighted by molar-refractivity contribution is -0.111. The van der Waals surface area contributed by atoms with Gasteiger partial charge in [-0.3, -0.25) is 4.79 Å². The van der Waals surface area contributed by atoms with Gasteiger partial charge in [0.25, 0.3) is 0 Å². The quantitative estimate of drug-likeness (QED) is 0.635. The van der Waals surface area contributed by atoms with Crippen molar-refractivity contribution in [2.24, 2.45) is 0 Å². The minimum atomic E-state index is -0.392. The second-order valence-corrected chi connectivity index (χ2v) is 6.18. The summed E-state index contributed by atoms with van der Waals surface area (Å²) in [5.41, 5.74) is 1.15. The number of carbonyl (C=O) groups excluding carboxylic acids is 1. The van der Waals surface area contributed by atoms with Crippen molar-refractivity contribution >= 4 is 45.2 Å². The van der Waals surface area contributed by atoms with Crippen LogP contribution in [-0.2, 0) is 4.79 Å². The Bertz CT molecular complexity index is 811. The van der Waals surface area contributed by atoms with E-state index in [4.69, 9.17) is 21.1 Å². The summed E-state index contributed by atoms with van der Waals surface area (Å²) < 4.78 is 24.2. The molecular formula is C18H16BrClFNO3. The number of carbonyl (C=O) groups is 1. The Hall–Kier alpha value is -2.05. The summed E-state index contributed by atoms with van der Waals surface area (Å²) in [4.78, 5) is 12.0. The fourth-order valence-electron chi connectivity index (χ4n) is 2.08. The van der Waals surface area contributed by atoms with Crippen LogP contribution in [0, 0.1) is 5.82 Å². The summed E-state index contributed by atoms with van der Waals surface area (Å²) in [6.07, 6.45) is 2.95. The van der Waals surface area contributed by atoms with Gasteiger partial charge in [-0.25, -0.2) is 4.39 Å². The molecule has 1 N–H and O–H groups in total. The zero-order valence-electron chi connectivity index (χ0n) is 13.6. The van der Waals surface area contributed by atoms with Gasteiger partial charge in [0.05, 0.1) is 24.4 Å². The number of hydrogen-bond acceptors (Lipinski definition) is 3. The average molecular weight is 429 g/mol. The summed E-state index contributed by atoms with van der Waals surface area (Å²) in [6.45, 7) is 2.31. The number of amides is 1. The van der Waals surface area contributed by atoms with Crippen LogP contribution in [0.3, 0.4) is 0 Å². The molecule has 25 heavy (non-hydrogen) atoms. The van der Waals surface area contributed by atoms with Crippen LogP contribution in [-0.4, -0.2) is 19.6 Å². The Morgan fingerprint density at radius 1 is 1.36 bits per heavy atom. The van der Waals surface area contributed by atoms with E-state index in [-0.39, 0.29) is 5.91 Å². The van der Waals surface area contributed by atoms with E-state index in [1.165, 1.54) is 31.4 Å². The minimum absolute atomic E-state index is 0.364. The fourth-order valence-corrected chi connectivity index (χ4v) is 2.83. The number of methoxy groups -OCH3 is 1. The summed E-state index contributed by atoms with van der Waals surface area (Å²) in [5.74, 6) is 0.188. The van der Waals surface area contributed by atoms with E-state index in [2.05, 4.69) is 21.2 Å². The van der Waals surface area contributed by atoms with Gasteiger partial charge in [0.2, 0.25) is 5.91 Å². The van der Waals surface area contributed by atoms with Gasteiger partial charge in [-0.15, -0.1) is 0 Å². The van der Waals surface area contributed by atoms with Crippen LogP contribution >= 0.6 is 27.5 Å². The van der Waals surface area contributed by atoms with Crippen molar-refractivity contribution in [2.75, 3.05) is 19.0 Å². The number of hydrogen-bond donors (Lipinski definition) is 1. The molecule has 0 aliphatic rings. The summed E-state index contributed by atoms with van der Waals surface area (Å²) in [5, 5.41) is 3.04. The Balaban J connectivity index is 2.16. The van der Waals surface area contributed by atoms with Crippen molar-refractivity contribution in [3.8, 4) is 11.5 Å². The molecule has 0 bridgehead atoms. The van der Waals surface area contributed by atoms with Crippen molar-refractivity contribution in [1.82, 2.24) is 0 Å². The minimum Gasteiger partial charge on any atom is -0.491 e. The molecule has 4 nitrogen and oxygen atoms in total. The van der Waals surface area contributed by atoms with Gasteiger partial charge in [0.15, 0.2) is 11.5 Å². The van der Waals surface area contributed by atoms with Crippen LogP contribution in [0.1, 0.15) is 12.5 Å². The number of halogens is 3. The standard InChI is InChI=1S/C18H16BrClFNO3/c1-3-25-16-9-11(8-14(20)18(16)24-2)4-7-17(23)22-15-6-5-12(21)10-13(15)19/h4-10H,3H2,1-2H3,(H,22,23)/b7-4+. The molecule has 1 amide bonds. The van der Waals surface area contributed by atoms with Gasteiger partial charge in [0.1, 0.15) is 5.82 Å². The van der Waals surface area contributed by atoms with E-state index < -0.39 is 5.82 Å². The van der Waals surface area contributed by atoms with Gasteiger partial charge in [-0.1, -0.05) is 11.6 Å². The van der Waals surface area contributed by atoms with Crippen molar-refractivity contribution in [3.63, 3.8) is 0 Å². The third-order valence-electron chi connectivity index (χ3n) is 3.15. The Kier molecular flexibility index (Phi) is 6.84. The van der Waals surface area contributed by atoms with Crippen molar-refractivity contribution in [2.45, 2.75) is 6.92 Å². The number of rotatable bonds is 6. The molecule has 0 aliphatic heterocycles. The maximum atomic E-state index is 13.1. The summed E-state index contributed by atoms with van der Waals surface area (Å²) in [6, 6.07) is 7.41. The molecule has 2 rings (SSSR count). The zero-order chi connectivity index (χ0) is 18.4. The Morgan fingerprint density at radius 3 is 2.76 bits per heavy atom. The molecule has 2 aromatic rings. The molecule has 0 saturated heterocycles. The number of benzene rings is 2. The molecule has 132 valence electrons. The van der Waals surface area contributed by atoms with E-state index in [9.17, 15) is 9.18 Å². The van der Waals surface area contributed by atoms with E-state index in [0.29, 0.717) is 38.9 Å². The first-order chi connectivity index (χ1) is 11.9. The second kappa shape index (κ2) is 8.87. The molecule has 0 spiro atoms. The first-order valence-electron chi connectivity index (χ1n) is 7.39. The lowest BCUT2D eigenvalue weighted by Crippen LogP contribution is -2.08. The molecule has 7 heteroatoms. The Morgan fingerprint density at radius 2 is 2.12 bits per heavy atom. The van der Waals surface area contributed by atoms with Gasteiger partial charge >= 0.3 is 0 Å². The van der Waals surface area contributed by atoms with Gasteiger partial charge in [-0.2, -0.15) is 0 Å². The molecule has 0 saturated carbocycles. The molecule has 2 aromatic carbocycles. The van der Waals surface area contributed by atoms with Crippen LogP contribution in [0.25, 0.3) is 6.08 Å². The summed E-state index contributed by atoms with van der Waals surface area (Å²) >= 11 is 9.37. The van der Waals surface area contributed by atoms with E-state index in [0.717, 1.165) is 0 Å². The lowest BCUT2D eigenvalue weighted by atomic mass is 10.2. The van der Waals surface area contributed by atoms with E-state index >= 15 is 0 Å². The normalized spacial score (nSPS) is 10.8. The molecular weight excluding hydrogens is 413 g/mol. The molecule has 0 heterocycles. The van der Waals surface area contributed by atoms with E-state index in [1.807, 2.05) is 6.92 Å². The number of nitrogens with one attached hydrogen (secondary N) is 1. The van der Waals surface area contributed by atoms with Crippen LogP contribution in [0.2, 0.25) is 5.02 Å². The first-order valence-corrected chi connectivity index (χ1v) is 8.56. The van der Waals surface area contributed by atoms with Gasteiger partial charge in [-0.05, 0) is 64.8 Å². The van der Waals surface area contributed by atoms with Crippen LogP contribution < -0.4 is 14.8 Å². The van der Waals surface area contributed by atoms with E-state index in [1.54, 1.807) is 18.2 Å². The highest BCUT2D eigenvalue weighted by Gasteiger charge is 2.11. The number of anilines is 1. The topological polar surface area (TPSA) is 47.6 Å². The number of ether oxygens (including phenoxy) is 2. The first kappa shape index (κ1) is 19.3. The van der Waals surface area contributed by atoms with Crippen molar-refractivity contribution in [3.05, 3.63) is 57.3 Å². The monoisotopic (exact) mass is 427 g/mol. The zero-order valence-corrected chi connectivity index (χ0v) is 15.9. The third kappa shape index (κ3) is 5.21.